The second kappa shape index (κ2) is 6.21. The van der Waals surface area contributed by atoms with Gasteiger partial charge < -0.3 is 5.32 Å². The SMILES string of the molecule is Cc1[nH]nc(-c2ccccc2)c1C(=O)NCCc1cn[nH]n1. The van der Waals surface area contributed by atoms with Crippen LogP contribution in [0.2, 0.25) is 0 Å². The molecule has 0 spiro atoms. The van der Waals surface area contributed by atoms with Gasteiger partial charge in [0.15, 0.2) is 0 Å². The van der Waals surface area contributed by atoms with Crippen LogP contribution in [0.3, 0.4) is 0 Å². The molecule has 3 aromatic rings. The minimum atomic E-state index is -0.145. The summed E-state index contributed by atoms with van der Waals surface area (Å²) >= 11 is 0. The van der Waals surface area contributed by atoms with Gasteiger partial charge in [0.25, 0.3) is 5.91 Å². The molecule has 0 bridgehead atoms. The normalized spacial score (nSPS) is 10.6. The Hall–Kier alpha value is -2.96. The quantitative estimate of drug-likeness (QED) is 0.664. The fourth-order valence-corrected chi connectivity index (χ4v) is 2.25. The number of nitrogens with one attached hydrogen (secondary N) is 3. The van der Waals surface area contributed by atoms with E-state index >= 15 is 0 Å². The second-order valence-electron chi connectivity index (χ2n) is 4.91. The van der Waals surface area contributed by atoms with Crippen molar-refractivity contribution in [1.82, 2.24) is 30.9 Å². The number of carbonyl (C=O) groups is 1. The summed E-state index contributed by atoms with van der Waals surface area (Å²) < 4.78 is 0. The maximum absolute atomic E-state index is 12.4. The zero-order valence-corrected chi connectivity index (χ0v) is 12.1. The molecule has 0 aliphatic carbocycles. The molecule has 0 saturated carbocycles. The Balaban J connectivity index is 1.73. The Bertz CT molecular complexity index is 748. The van der Waals surface area contributed by atoms with Crippen molar-refractivity contribution < 1.29 is 4.79 Å². The van der Waals surface area contributed by atoms with Crippen molar-refractivity contribution in [3.8, 4) is 11.3 Å². The third-order valence-electron chi connectivity index (χ3n) is 3.35. The van der Waals surface area contributed by atoms with E-state index in [4.69, 9.17) is 0 Å². The highest BCUT2D eigenvalue weighted by molar-refractivity contribution is 6.01. The van der Waals surface area contributed by atoms with E-state index in [0.29, 0.717) is 24.2 Å². The molecule has 0 aliphatic heterocycles. The number of rotatable bonds is 5. The van der Waals surface area contributed by atoms with Gasteiger partial charge in [-0.2, -0.15) is 20.5 Å². The maximum atomic E-state index is 12.4. The first-order chi connectivity index (χ1) is 10.8. The Morgan fingerprint density at radius 1 is 1.23 bits per heavy atom. The predicted molar refractivity (Wildman–Crippen MR) is 81.2 cm³/mol. The molecular weight excluding hydrogens is 280 g/mol. The molecule has 2 heterocycles. The summed E-state index contributed by atoms with van der Waals surface area (Å²) in [4.78, 5) is 12.4. The van der Waals surface area contributed by atoms with Gasteiger partial charge in [0.2, 0.25) is 0 Å². The number of hydrogen-bond donors (Lipinski definition) is 3. The van der Waals surface area contributed by atoms with Gasteiger partial charge in [0.1, 0.15) is 5.69 Å². The molecule has 2 aromatic heterocycles. The van der Waals surface area contributed by atoms with Crippen LogP contribution in [0.5, 0.6) is 0 Å². The van der Waals surface area contributed by atoms with Crippen LogP contribution in [0.15, 0.2) is 36.5 Å². The Kier molecular flexibility index (Phi) is 3.95. The number of H-pyrrole nitrogens is 2. The van der Waals surface area contributed by atoms with Gasteiger partial charge in [0, 0.05) is 24.2 Å². The first-order valence-corrected chi connectivity index (χ1v) is 6.99. The molecule has 0 atom stereocenters. The highest BCUT2D eigenvalue weighted by Crippen LogP contribution is 2.23. The topological polar surface area (TPSA) is 99.4 Å². The van der Waals surface area contributed by atoms with E-state index in [-0.39, 0.29) is 5.91 Å². The van der Waals surface area contributed by atoms with Gasteiger partial charge in [-0.3, -0.25) is 9.89 Å². The van der Waals surface area contributed by atoms with Crippen LogP contribution in [0.25, 0.3) is 11.3 Å². The summed E-state index contributed by atoms with van der Waals surface area (Å²) in [6.07, 6.45) is 2.27. The van der Waals surface area contributed by atoms with Crippen molar-refractivity contribution in [2.75, 3.05) is 6.54 Å². The molecular formula is C15H16N6O. The molecule has 3 rings (SSSR count). The summed E-state index contributed by atoms with van der Waals surface area (Å²) in [7, 11) is 0. The predicted octanol–water partition coefficient (Wildman–Crippen LogP) is 1.48. The third kappa shape index (κ3) is 2.88. The van der Waals surface area contributed by atoms with Gasteiger partial charge in [-0.05, 0) is 6.92 Å². The molecule has 0 saturated heterocycles. The van der Waals surface area contributed by atoms with Gasteiger partial charge in [-0.15, -0.1) is 0 Å². The molecule has 1 amide bonds. The number of carbonyl (C=O) groups excluding carboxylic acids is 1. The monoisotopic (exact) mass is 296 g/mol. The second-order valence-corrected chi connectivity index (χ2v) is 4.91. The Labute approximate surface area is 127 Å². The maximum Gasteiger partial charge on any atom is 0.255 e. The standard InChI is InChI=1S/C15H16N6O/c1-10-13(14(20-18-10)11-5-3-2-4-6-11)15(22)16-8-7-12-9-17-21-19-12/h2-6,9H,7-8H2,1H3,(H,16,22)(H,18,20)(H,17,19,21). The molecule has 7 heteroatoms. The summed E-state index contributed by atoms with van der Waals surface area (Å²) in [5, 5.41) is 20.3. The van der Waals surface area contributed by atoms with Crippen LogP contribution in [-0.2, 0) is 6.42 Å². The molecule has 1 aromatic carbocycles. The first kappa shape index (κ1) is 14.0. The molecule has 0 unspecified atom stereocenters. The molecule has 22 heavy (non-hydrogen) atoms. The highest BCUT2D eigenvalue weighted by atomic mass is 16.1. The zero-order chi connectivity index (χ0) is 15.4. The van der Waals surface area contributed by atoms with Crippen molar-refractivity contribution in [3.63, 3.8) is 0 Å². The molecule has 0 fully saturated rings. The number of amides is 1. The summed E-state index contributed by atoms with van der Waals surface area (Å²) in [5.74, 6) is -0.145. The lowest BCUT2D eigenvalue weighted by atomic mass is 10.1. The number of aryl methyl sites for hydroxylation is 1. The largest absolute Gasteiger partial charge is 0.352 e. The van der Waals surface area contributed by atoms with Crippen LogP contribution in [0, 0.1) is 6.92 Å². The van der Waals surface area contributed by atoms with Crippen LogP contribution >= 0.6 is 0 Å². The van der Waals surface area contributed by atoms with Crippen LogP contribution < -0.4 is 5.32 Å². The molecule has 112 valence electrons. The van der Waals surface area contributed by atoms with E-state index in [2.05, 4.69) is 30.9 Å². The van der Waals surface area contributed by atoms with Crippen molar-refractivity contribution in [2.24, 2.45) is 0 Å². The Morgan fingerprint density at radius 2 is 2.05 bits per heavy atom. The van der Waals surface area contributed by atoms with Crippen LogP contribution in [0.1, 0.15) is 21.7 Å². The summed E-state index contributed by atoms with van der Waals surface area (Å²) in [5.41, 5.74) is 3.71. The fraction of sp³-hybridized carbons (Fsp3) is 0.200. The lowest BCUT2D eigenvalue weighted by Gasteiger charge is -2.05. The first-order valence-electron chi connectivity index (χ1n) is 6.99. The van der Waals surface area contributed by atoms with Gasteiger partial charge in [-0.1, -0.05) is 30.3 Å². The minimum absolute atomic E-state index is 0.145. The van der Waals surface area contributed by atoms with E-state index in [1.54, 1.807) is 6.20 Å². The number of aromatic nitrogens is 5. The van der Waals surface area contributed by atoms with Crippen molar-refractivity contribution >= 4 is 5.91 Å². The van der Waals surface area contributed by atoms with Crippen LogP contribution in [0.4, 0.5) is 0 Å². The number of benzene rings is 1. The van der Waals surface area contributed by atoms with E-state index in [1.807, 2.05) is 37.3 Å². The molecule has 0 aliphatic rings. The lowest BCUT2D eigenvalue weighted by Crippen LogP contribution is -2.26. The van der Waals surface area contributed by atoms with Gasteiger partial charge in [0.05, 0.1) is 17.5 Å². The molecule has 0 radical (unpaired) electrons. The van der Waals surface area contributed by atoms with E-state index in [1.165, 1.54) is 0 Å². The zero-order valence-electron chi connectivity index (χ0n) is 12.1. The summed E-state index contributed by atoms with van der Waals surface area (Å²) in [6.45, 7) is 2.33. The van der Waals surface area contributed by atoms with E-state index < -0.39 is 0 Å². The Morgan fingerprint density at radius 3 is 2.77 bits per heavy atom. The van der Waals surface area contributed by atoms with Gasteiger partial charge in [-0.25, -0.2) is 0 Å². The van der Waals surface area contributed by atoms with Crippen molar-refractivity contribution in [2.45, 2.75) is 13.3 Å². The lowest BCUT2D eigenvalue weighted by molar-refractivity contribution is 0.0954. The van der Waals surface area contributed by atoms with E-state index in [0.717, 1.165) is 17.0 Å². The molecule has 7 nitrogen and oxygen atoms in total. The van der Waals surface area contributed by atoms with Crippen molar-refractivity contribution in [3.05, 3.63) is 53.5 Å². The van der Waals surface area contributed by atoms with Crippen molar-refractivity contribution in [1.29, 1.82) is 0 Å². The smallest absolute Gasteiger partial charge is 0.255 e. The van der Waals surface area contributed by atoms with Crippen LogP contribution in [-0.4, -0.2) is 38.1 Å². The number of hydrogen-bond acceptors (Lipinski definition) is 4. The third-order valence-corrected chi connectivity index (χ3v) is 3.35. The fourth-order valence-electron chi connectivity index (χ4n) is 2.25. The van der Waals surface area contributed by atoms with E-state index in [9.17, 15) is 4.79 Å². The highest BCUT2D eigenvalue weighted by Gasteiger charge is 2.18. The minimum Gasteiger partial charge on any atom is -0.352 e. The number of aromatic amines is 2. The average molecular weight is 296 g/mol. The molecule has 3 N–H and O–H groups in total. The number of nitrogens with zero attached hydrogens (tertiary/aromatic N) is 3. The van der Waals surface area contributed by atoms with Gasteiger partial charge >= 0.3 is 0 Å². The summed E-state index contributed by atoms with van der Waals surface area (Å²) in [6, 6.07) is 9.64. The average Bonchev–Trinajstić information content (AvgIpc) is 3.17.